The second-order valence-electron chi connectivity index (χ2n) is 3.53. The zero-order valence-electron chi connectivity index (χ0n) is 10.5. The maximum atomic E-state index is 11.4. The van der Waals surface area contributed by atoms with E-state index in [9.17, 15) is 9.59 Å². The lowest BCUT2D eigenvalue weighted by Crippen LogP contribution is -2.16. The van der Waals surface area contributed by atoms with Crippen LogP contribution in [0.3, 0.4) is 0 Å². The van der Waals surface area contributed by atoms with Gasteiger partial charge in [-0.15, -0.1) is 0 Å². The molecule has 0 saturated carbocycles. The average Bonchev–Trinajstić information content (AvgIpc) is 2.40. The van der Waals surface area contributed by atoms with Gasteiger partial charge in [-0.3, -0.25) is 0 Å². The maximum Gasteiger partial charge on any atom is 0.347 e. The third-order valence-electron chi connectivity index (χ3n) is 2.20. The Labute approximate surface area is 123 Å². The van der Waals surface area contributed by atoms with Gasteiger partial charge in [0, 0.05) is 10.7 Å². The van der Waals surface area contributed by atoms with Crippen LogP contribution in [0.15, 0.2) is 34.4 Å². The number of hydrogen-bond acceptors (Lipinski definition) is 5. The number of esters is 1. The van der Waals surface area contributed by atoms with Crippen LogP contribution in [-0.4, -0.2) is 23.7 Å². The number of ether oxygens (including phenoxy) is 1. The highest BCUT2D eigenvalue weighted by molar-refractivity contribution is 9.10. The number of nitrogens with zero attached hydrogens (tertiary/aromatic N) is 1. The molecule has 104 valence electrons. The van der Waals surface area contributed by atoms with Gasteiger partial charge < -0.3 is 15.2 Å². The van der Waals surface area contributed by atoms with Gasteiger partial charge in [-0.05, 0) is 41.1 Å². The summed E-state index contributed by atoms with van der Waals surface area (Å²) in [6.45, 7) is 1.67. The molecule has 0 aromatic heterocycles. The number of carboxylic acids is 1. The van der Waals surface area contributed by atoms with Crippen molar-refractivity contribution in [3.05, 3.63) is 40.0 Å². The standard InChI is InChI=1S/C13H11BrN2O4/c1-2-20-13(19)9(12(17)18)7-16-11-4-3-8(6-15)5-10(11)14/h3-5,7,16H,2H2,1H3,(H,17,18)/b9-7-. The smallest absolute Gasteiger partial charge is 0.347 e. The lowest BCUT2D eigenvalue weighted by Gasteiger charge is -2.06. The van der Waals surface area contributed by atoms with Crippen molar-refractivity contribution in [1.29, 1.82) is 5.26 Å². The zero-order valence-corrected chi connectivity index (χ0v) is 12.1. The number of hydrogen-bond donors (Lipinski definition) is 2. The van der Waals surface area contributed by atoms with Crippen LogP contribution in [0.25, 0.3) is 0 Å². The van der Waals surface area contributed by atoms with E-state index >= 15 is 0 Å². The number of nitrogens with one attached hydrogen (secondary N) is 1. The van der Waals surface area contributed by atoms with Crippen molar-refractivity contribution in [3.63, 3.8) is 0 Å². The van der Waals surface area contributed by atoms with Gasteiger partial charge >= 0.3 is 11.9 Å². The molecule has 20 heavy (non-hydrogen) atoms. The molecule has 0 aliphatic rings. The van der Waals surface area contributed by atoms with Gasteiger partial charge in [-0.25, -0.2) is 9.59 Å². The molecule has 0 heterocycles. The molecule has 1 rings (SSSR count). The van der Waals surface area contributed by atoms with Crippen molar-refractivity contribution < 1.29 is 19.4 Å². The van der Waals surface area contributed by atoms with Gasteiger partial charge in [0.05, 0.1) is 23.9 Å². The quantitative estimate of drug-likeness (QED) is 0.369. The summed E-state index contributed by atoms with van der Waals surface area (Å²) in [5.74, 6) is -2.31. The lowest BCUT2D eigenvalue weighted by atomic mass is 10.2. The number of carbonyl (C=O) groups is 2. The van der Waals surface area contributed by atoms with E-state index < -0.39 is 17.5 Å². The molecule has 0 aliphatic heterocycles. The molecule has 6 nitrogen and oxygen atoms in total. The second-order valence-corrected chi connectivity index (χ2v) is 4.39. The predicted molar refractivity (Wildman–Crippen MR) is 74.8 cm³/mol. The van der Waals surface area contributed by atoms with Crippen molar-refractivity contribution in [1.82, 2.24) is 0 Å². The SMILES string of the molecule is CCOC(=O)/C(=C\Nc1ccc(C#N)cc1Br)C(=O)O. The number of rotatable bonds is 5. The van der Waals surface area contributed by atoms with Crippen LogP contribution in [0.4, 0.5) is 5.69 Å². The Bertz CT molecular complexity index is 605. The molecule has 0 unspecified atom stereocenters. The highest BCUT2D eigenvalue weighted by atomic mass is 79.9. The molecule has 0 saturated heterocycles. The summed E-state index contributed by atoms with van der Waals surface area (Å²) in [4.78, 5) is 22.4. The van der Waals surface area contributed by atoms with Crippen molar-refractivity contribution in [2.45, 2.75) is 6.92 Å². The largest absolute Gasteiger partial charge is 0.477 e. The summed E-state index contributed by atoms with van der Waals surface area (Å²) in [5, 5.41) is 20.4. The Morgan fingerprint density at radius 1 is 1.55 bits per heavy atom. The zero-order chi connectivity index (χ0) is 15.1. The summed E-state index contributed by atoms with van der Waals surface area (Å²) >= 11 is 3.24. The van der Waals surface area contributed by atoms with Crippen LogP contribution < -0.4 is 5.32 Å². The average molecular weight is 339 g/mol. The molecular formula is C13H11BrN2O4. The van der Waals surface area contributed by atoms with E-state index in [1.165, 1.54) is 0 Å². The Hall–Kier alpha value is -2.33. The lowest BCUT2D eigenvalue weighted by molar-refractivity contribution is -0.143. The van der Waals surface area contributed by atoms with Gasteiger partial charge in [0.25, 0.3) is 0 Å². The number of benzene rings is 1. The van der Waals surface area contributed by atoms with Crippen molar-refractivity contribution in [2.24, 2.45) is 0 Å². The molecule has 0 bridgehead atoms. The minimum Gasteiger partial charge on any atom is -0.477 e. The van der Waals surface area contributed by atoms with E-state index in [2.05, 4.69) is 26.0 Å². The maximum absolute atomic E-state index is 11.4. The van der Waals surface area contributed by atoms with Gasteiger partial charge in [-0.2, -0.15) is 5.26 Å². The van der Waals surface area contributed by atoms with Crippen molar-refractivity contribution in [2.75, 3.05) is 11.9 Å². The van der Waals surface area contributed by atoms with Gasteiger partial charge in [-0.1, -0.05) is 0 Å². The number of nitriles is 1. The minimum atomic E-state index is -1.39. The van der Waals surface area contributed by atoms with Crippen LogP contribution in [0.5, 0.6) is 0 Å². The number of aliphatic carboxylic acids is 1. The first-order valence-corrected chi connectivity index (χ1v) is 6.35. The summed E-state index contributed by atoms with van der Waals surface area (Å²) in [6.07, 6.45) is 1.05. The first-order chi connectivity index (χ1) is 9.49. The van der Waals surface area contributed by atoms with Crippen LogP contribution in [0.1, 0.15) is 12.5 Å². The summed E-state index contributed by atoms with van der Waals surface area (Å²) in [5.41, 5.74) is 0.463. The molecule has 0 amide bonds. The van der Waals surface area contributed by atoms with E-state index in [-0.39, 0.29) is 6.61 Å². The number of halogens is 1. The van der Waals surface area contributed by atoms with E-state index in [4.69, 9.17) is 10.4 Å². The molecule has 0 fully saturated rings. The molecule has 0 spiro atoms. The van der Waals surface area contributed by atoms with E-state index in [1.807, 2.05) is 6.07 Å². The molecule has 7 heteroatoms. The Morgan fingerprint density at radius 3 is 2.75 bits per heavy atom. The first-order valence-electron chi connectivity index (χ1n) is 5.56. The molecule has 0 aliphatic carbocycles. The number of carboxylic acid groups (broad SMARTS) is 1. The number of anilines is 1. The predicted octanol–water partition coefficient (Wildman–Crippen LogP) is 2.26. The molecule has 0 atom stereocenters. The highest BCUT2D eigenvalue weighted by Crippen LogP contribution is 2.23. The summed E-state index contributed by atoms with van der Waals surface area (Å²) < 4.78 is 5.21. The van der Waals surface area contributed by atoms with E-state index in [0.29, 0.717) is 15.7 Å². The van der Waals surface area contributed by atoms with Crippen LogP contribution in [0, 0.1) is 11.3 Å². The fourth-order valence-electron chi connectivity index (χ4n) is 1.27. The fraction of sp³-hybridized carbons (Fsp3) is 0.154. The van der Waals surface area contributed by atoms with Gasteiger partial charge in [0.2, 0.25) is 0 Å². The van der Waals surface area contributed by atoms with Crippen molar-refractivity contribution in [3.8, 4) is 6.07 Å². The third-order valence-corrected chi connectivity index (χ3v) is 2.85. The molecular weight excluding hydrogens is 328 g/mol. The number of carbonyl (C=O) groups excluding carboxylic acids is 1. The monoisotopic (exact) mass is 338 g/mol. The normalized spacial score (nSPS) is 10.6. The molecule has 2 N–H and O–H groups in total. The fourth-order valence-corrected chi connectivity index (χ4v) is 1.76. The Balaban J connectivity index is 2.96. The third kappa shape index (κ3) is 4.10. The Kier molecular flexibility index (Phi) is 5.74. The molecule has 1 aromatic rings. The summed E-state index contributed by atoms with van der Waals surface area (Å²) in [7, 11) is 0. The highest BCUT2D eigenvalue weighted by Gasteiger charge is 2.18. The topological polar surface area (TPSA) is 99.4 Å². The molecule has 1 aromatic carbocycles. The van der Waals surface area contributed by atoms with Crippen LogP contribution in [0.2, 0.25) is 0 Å². The van der Waals surface area contributed by atoms with E-state index in [1.54, 1.807) is 25.1 Å². The van der Waals surface area contributed by atoms with E-state index in [0.717, 1.165) is 6.20 Å². The van der Waals surface area contributed by atoms with Gasteiger partial charge in [0.15, 0.2) is 5.57 Å². The minimum absolute atomic E-state index is 0.0873. The second kappa shape index (κ2) is 7.31. The summed E-state index contributed by atoms with van der Waals surface area (Å²) in [6, 6.07) is 6.69. The van der Waals surface area contributed by atoms with Gasteiger partial charge in [0.1, 0.15) is 0 Å². The van der Waals surface area contributed by atoms with Crippen LogP contribution >= 0.6 is 15.9 Å². The van der Waals surface area contributed by atoms with Crippen LogP contribution in [-0.2, 0) is 14.3 Å². The first kappa shape index (κ1) is 15.7. The Morgan fingerprint density at radius 2 is 2.25 bits per heavy atom. The molecule has 0 radical (unpaired) electrons. The van der Waals surface area contributed by atoms with Crippen molar-refractivity contribution >= 4 is 33.6 Å².